The number of aryl methyl sites for hydroxylation is 2. The lowest BCUT2D eigenvalue weighted by Gasteiger charge is -2.36. The molecule has 1 heteroatoms. The van der Waals surface area contributed by atoms with Gasteiger partial charge in [0, 0.05) is 4.83 Å². The van der Waals surface area contributed by atoms with E-state index in [2.05, 4.69) is 61.8 Å². The normalized spacial score (nSPS) is 19.5. The van der Waals surface area contributed by atoms with Gasteiger partial charge in [-0.15, -0.1) is 0 Å². The number of halogens is 1. The summed E-state index contributed by atoms with van der Waals surface area (Å²) in [4.78, 5) is 0.627. The highest BCUT2D eigenvalue weighted by Crippen LogP contribution is 2.49. The topological polar surface area (TPSA) is 0 Å². The maximum atomic E-state index is 4.07. The van der Waals surface area contributed by atoms with Crippen molar-refractivity contribution in [2.24, 2.45) is 11.3 Å². The largest absolute Gasteiger partial charge is 0.0881 e. The highest BCUT2D eigenvalue weighted by atomic mass is 79.9. The number of rotatable bonds is 5. The number of benzene rings is 1. The van der Waals surface area contributed by atoms with Gasteiger partial charge in [0.1, 0.15) is 0 Å². The van der Waals surface area contributed by atoms with Crippen LogP contribution in [0.5, 0.6) is 0 Å². The summed E-state index contributed by atoms with van der Waals surface area (Å²) in [5, 5.41) is 0. The average Bonchev–Trinajstić information content (AvgIpc) is 2.83. The van der Waals surface area contributed by atoms with E-state index in [1.807, 2.05) is 0 Å². The van der Waals surface area contributed by atoms with E-state index < -0.39 is 0 Å². The fraction of sp³-hybridized carbons (Fsp3) is 0.684. The minimum Gasteiger partial charge on any atom is -0.0881 e. The predicted octanol–water partition coefficient (Wildman–Crippen LogP) is 6.22. The molecule has 0 nitrogen and oxygen atoms in total. The first-order chi connectivity index (χ1) is 9.43. The molecule has 0 radical (unpaired) electrons. The summed E-state index contributed by atoms with van der Waals surface area (Å²) in [7, 11) is 0. The minimum atomic E-state index is 0.535. The second-order valence-electron chi connectivity index (χ2n) is 7.26. The zero-order chi connectivity index (χ0) is 14.8. The van der Waals surface area contributed by atoms with Crippen molar-refractivity contribution < 1.29 is 0 Å². The third-order valence-electron chi connectivity index (χ3n) is 5.06. The number of hydrogen-bond donors (Lipinski definition) is 0. The van der Waals surface area contributed by atoms with Crippen molar-refractivity contribution in [1.82, 2.24) is 0 Å². The van der Waals surface area contributed by atoms with Crippen LogP contribution in [0.4, 0.5) is 0 Å². The third kappa shape index (κ3) is 3.67. The molecular weight excluding hydrogens is 308 g/mol. The third-order valence-corrected chi connectivity index (χ3v) is 6.36. The lowest BCUT2D eigenvalue weighted by molar-refractivity contribution is 0.228. The van der Waals surface area contributed by atoms with Gasteiger partial charge in [-0.3, -0.25) is 0 Å². The number of alkyl halides is 1. The highest BCUT2D eigenvalue weighted by Gasteiger charge is 2.40. The van der Waals surface area contributed by atoms with Gasteiger partial charge in [-0.2, -0.15) is 0 Å². The quantitative estimate of drug-likeness (QED) is 0.560. The van der Waals surface area contributed by atoms with Gasteiger partial charge in [0.2, 0.25) is 0 Å². The first-order valence-electron chi connectivity index (χ1n) is 8.13. The molecule has 112 valence electrons. The van der Waals surface area contributed by atoms with Gasteiger partial charge >= 0.3 is 0 Å². The highest BCUT2D eigenvalue weighted by molar-refractivity contribution is 9.09. The Kier molecular flexibility index (Phi) is 5.34. The first kappa shape index (κ1) is 16.1. The van der Waals surface area contributed by atoms with Crippen LogP contribution < -0.4 is 0 Å². The van der Waals surface area contributed by atoms with Gasteiger partial charge in [0.15, 0.2) is 0 Å². The Morgan fingerprint density at radius 3 is 2.30 bits per heavy atom. The predicted molar refractivity (Wildman–Crippen MR) is 92.7 cm³/mol. The summed E-state index contributed by atoms with van der Waals surface area (Å²) < 4.78 is 0. The first-order valence-corrected chi connectivity index (χ1v) is 9.05. The molecule has 0 spiro atoms. The zero-order valence-electron chi connectivity index (χ0n) is 13.5. The smallest absolute Gasteiger partial charge is 0.0242 e. The van der Waals surface area contributed by atoms with Crippen molar-refractivity contribution >= 4 is 15.9 Å². The van der Waals surface area contributed by atoms with Crippen LogP contribution >= 0.6 is 15.9 Å². The SMILES string of the molecule is Cc1ccc(CC(Br)C2(CC(C)C)CCCC2)cc1C. The second-order valence-corrected chi connectivity index (χ2v) is 8.36. The van der Waals surface area contributed by atoms with Crippen LogP contribution in [0.3, 0.4) is 0 Å². The summed E-state index contributed by atoms with van der Waals surface area (Å²) in [5.74, 6) is 0.799. The van der Waals surface area contributed by atoms with E-state index >= 15 is 0 Å². The van der Waals surface area contributed by atoms with E-state index in [1.54, 1.807) is 0 Å². The number of hydrogen-bond acceptors (Lipinski definition) is 0. The van der Waals surface area contributed by atoms with E-state index in [0.717, 1.165) is 5.92 Å². The standard InChI is InChI=1S/C19H29Br/c1-14(2)13-19(9-5-6-10-19)18(20)12-17-8-7-15(3)16(4)11-17/h7-8,11,14,18H,5-6,9-10,12-13H2,1-4H3. The molecule has 0 bridgehead atoms. The van der Waals surface area contributed by atoms with Crippen LogP contribution in [0.1, 0.15) is 62.6 Å². The molecule has 20 heavy (non-hydrogen) atoms. The van der Waals surface area contributed by atoms with Gasteiger partial charge in [0.25, 0.3) is 0 Å². The van der Waals surface area contributed by atoms with E-state index in [1.165, 1.54) is 55.2 Å². The van der Waals surface area contributed by atoms with Crippen molar-refractivity contribution in [1.29, 1.82) is 0 Å². The lowest BCUT2D eigenvalue weighted by atomic mass is 9.74. The molecule has 1 fully saturated rings. The van der Waals surface area contributed by atoms with Crippen molar-refractivity contribution in [2.75, 3.05) is 0 Å². The molecule has 0 aliphatic heterocycles. The van der Waals surface area contributed by atoms with Crippen LogP contribution in [-0.4, -0.2) is 4.83 Å². The summed E-state index contributed by atoms with van der Waals surface area (Å²) >= 11 is 4.07. The van der Waals surface area contributed by atoms with Gasteiger partial charge in [0.05, 0.1) is 0 Å². The van der Waals surface area contributed by atoms with Crippen molar-refractivity contribution in [3.05, 3.63) is 34.9 Å². The van der Waals surface area contributed by atoms with Crippen LogP contribution in [-0.2, 0) is 6.42 Å². The molecule has 1 aliphatic carbocycles. The average molecular weight is 337 g/mol. The van der Waals surface area contributed by atoms with Crippen LogP contribution in [0.2, 0.25) is 0 Å². The molecule has 1 saturated carbocycles. The Morgan fingerprint density at radius 2 is 1.75 bits per heavy atom. The molecule has 0 aromatic heterocycles. The fourth-order valence-electron chi connectivity index (χ4n) is 3.89. The molecule has 2 rings (SSSR count). The summed E-state index contributed by atoms with van der Waals surface area (Å²) in [6, 6.07) is 6.96. The molecule has 1 aromatic carbocycles. The molecular formula is C19H29Br. The van der Waals surface area contributed by atoms with Crippen molar-refractivity contribution in [3.63, 3.8) is 0 Å². The Hall–Kier alpha value is -0.300. The second kappa shape index (κ2) is 6.64. The molecule has 1 unspecified atom stereocenters. The Bertz CT molecular complexity index is 441. The maximum absolute atomic E-state index is 4.07. The Labute approximate surface area is 133 Å². The fourth-order valence-corrected chi connectivity index (χ4v) is 4.91. The van der Waals surface area contributed by atoms with E-state index in [9.17, 15) is 0 Å². The molecule has 1 atom stereocenters. The van der Waals surface area contributed by atoms with E-state index in [-0.39, 0.29) is 0 Å². The molecule has 1 aliphatic rings. The maximum Gasteiger partial charge on any atom is 0.0242 e. The van der Waals surface area contributed by atoms with E-state index in [4.69, 9.17) is 0 Å². The molecule has 0 amide bonds. The van der Waals surface area contributed by atoms with Gasteiger partial charge in [-0.25, -0.2) is 0 Å². The van der Waals surface area contributed by atoms with Crippen LogP contribution in [0.15, 0.2) is 18.2 Å². The minimum absolute atomic E-state index is 0.535. The van der Waals surface area contributed by atoms with E-state index in [0.29, 0.717) is 10.2 Å². The zero-order valence-corrected chi connectivity index (χ0v) is 15.1. The van der Waals surface area contributed by atoms with Gasteiger partial charge in [-0.05, 0) is 67.6 Å². The van der Waals surface area contributed by atoms with Gasteiger partial charge < -0.3 is 0 Å². The summed E-state index contributed by atoms with van der Waals surface area (Å²) in [6.45, 7) is 9.16. The Morgan fingerprint density at radius 1 is 1.10 bits per heavy atom. The summed E-state index contributed by atoms with van der Waals surface area (Å²) in [5.41, 5.74) is 4.85. The molecule has 0 saturated heterocycles. The van der Waals surface area contributed by atoms with Crippen LogP contribution in [0, 0.1) is 25.2 Å². The summed E-state index contributed by atoms with van der Waals surface area (Å²) in [6.07, 6.45) is 8.20. The molecule has 0 heterocycles. The lowest BCUT2D eigenvalue weighted by Crippen LogP contribution is -2.31. The molecule has 1 aromatic rings. The van der Waals surface area contributed by atoms with Crippen molar-refractivity contribution in [2.45, 2.75) is 71.0 Å². The van der Waals surface area contributed by atoms with Gasteiger partial charge in [-0.1, -0.05) is 60.8 Å². The van der Waals surface area contributed by atoms with Crippen LogP contribution in [0.25, 0.3) is 0 Å². The van der Waals surface area contributed by atoms with Crippen molar-refractivity contribution in [3.8, 4) is 0 Å². The Balaban J connectivity index is 2.12. The monoisotopic (exact) mass is 336 g/mol. The molecule has 0 N–H and O–H groups in total.